The third-order valence-electron chi connectivity index (χ3n) is 25.8. The lowest BCUT2D eigenvalue weighted by molar-refractivity contribution is 0.660. The average Bonchev–Trinajstić information content (AvgIpc) is 1.50. The highest BCUT2D eigenvalue weighted by Crippen LogP contribution is 2.66. The standard InChI is InChI=1S/C56H39NS.C29H17BrS.C27H23N.CH4/c1-55(2)45-22-10-8-21-42(45)43-31-29-38(34-49(43)55)57(51-25-13-9-19-40(51)36-16-4-3-5-17-36)39-30-32-44-50(35-39)56(48-33-28-37-18-6-7-20-41(37)54(44)48)46-23-11-14-26-52(46)58-53-27-15-12-24-47(53)56;30-19-14-15-21-25(17-19)29(24-16-13-18-7-1-2-8-20(18)28(21)24)22-9-3-5-11-26(22)31-27-12-6-4-10-23(27)29;1-27(2)24-14-8-6-13-22(24)23-17-16-20(18-25(23)27)28-26-15-9-7-12-21(26)19-10-4-3-5-11-19;/h3-35H,1-2H3;1-17H;3-18,28H,1-2H3;1H4. The zero-order valence-electron chi connectivity index (χ0n) is 65.2. The largest absolute Gasteiger partial charge is 0.355 e. The van der Waals surface area contributed by atoms with E-state index in [1.165, 1.54) is 175 Å². The molecule has 18 aromatic carbocycles. The molecule has 2 aliphatic heterocycles. The molecule has 24 rings (SSSR count). The smallest absolute Gasteiger partial charge is 0.0736 e. The molecule has 6 aliphatic rings. The Morgan fingerprint density at radius 2 is 0.627 bits per heavy atom. The first kappa shape index (κ1) is 72.9. The Bertz CT molecular complexity index is 7000. The van der Waals surface area contributed by atoms with Crippen molar-refractivity contribution in [1.29, 1.82) is 0 Å². The Morgan fingerprint density at radius 3 is 1.14 bits per heavy atom. The molecule has 1 N–H and O–H groups in total. The predicted molar refractivity (Wildman–Crippen MR) is 502 cm³/mol. The fourth-order valence-corrected chi connectivity index (χ4v) is 23.4. The molecule has 0 atom stereocenters. The van der Waals surface area contributed by atoms with Gasteiger partial charge in [0.15, 0.2) is 0 Å². The number of fused-ring (bicyclic) bond motifs is 28. The highest BCUT2D eigenvalue weighted by molar-refractivity contribution is 9.10. The Kier molecular flexibility index (Phi) is 17.7. The van der Waals surface area contributed by atoms with Gasteiger partial charge in [-0.2, -0.15) is 0 Å². The molecule has 2 spiro atoms. The Balaban J connectivity index is 0.000000121. The van der Waals surface area contributed by atoms with Gasteiger partial charge in [0.1, 0.15) is 0 Å². The quantitative estimate of drug-likeness (QED) is 0.171. The predicted octanol–water partition coefficient (Wildman–Crippen LogP) is 31.6. The summed E-state index contributed by atoms with van der Waals surface area (Å²) in [7, 11) is 0. The number of hydrogen-bond donors (Lipinski definition) is 1. The molecule has 2 nitrogen and oxygen atoms in total. The number of hydrogen-bond acceptors (Lipinski definition) is 4. The number of rotatable bonds is 7. The second-order valence-corrected chi connectivity index (χ2v) is 35.7. The van der Waals surface area contributed by atoms with Gasteiger partial charge in [0, 0.05) is 68.8 Å². The second-order valence-electron chi connectivity index (χ2n) is 32.6. The van der Waals surface area contributed by atoms with Gasteiger partial charge >= 0.3 is 0 Å². The van der Waals surface area contributed by atoms with E-state index in [0.717, 1.165) is 32.9 Å². The van der Waals surface area contributed by atoms with Crippen LogP contribution in [0.5, 0.6) is 0 Å². The molecule has 564 valence electrons. The minimum Gasteiger partial charge on any atom is -0.355 e. The van der Waals surface area contributed by atoms with E-state index in [9.17, 15) is 0 Å². The molecule has 5 heteroatoms. The summed E-state index contributed by atoms with van der Waals surface area (Å²) in [4.78, 5) is 7.82. The molecule has 0 fully saturated rings. The molecule has 0 radical (unpaired) electrons. The van der Waals surface area contributed by atoms with E-state index in [1.807, 2.05) is 23.5 Å². The van der Waals surface area contributed by atoms with Crippen molar-refractivity contribution in [2.24, 2.45) is 0 Å². The zero-order chi connectivity index (χ0) is 78.3. The van der Waals surface area contributed by atoms with Gasteiger partial charge < -0.3 is 10.2 Å². The summed E-state index contributed by atoms with van der Waals surface area (Å²) in [5.74, 6) is 0. The van der Waals surface area contributed by atoms with Crippen LogP contribution >= 0.6 is 39.5 Å². The molecule has 2 heterocycles. The van der Waals surface area contributed by atoms with Gasteiger partial charge in [0.2, 0.25) is 0 Å². The summed E-state index contributed by atoms with van der Waals surface area (Å²) in [5.41, 5.74) is 36.7. The number of anilines is 5. The van der Waals surface area contributed by atoms with Crippen molar-refractivity contribution in [1.82, 2.24) is 0 Å². The third kappa shape index (κ3) is 11.1. The van der Waals surface area contributed by atoms with Crippen molar-refractivity contribution in [3.63, 3.8) is 0 Å². The minimum absolute atomic E-state index is 0. The van der Waals surface area contributed by atoms with Crippen LogP contribution in [-0.2, 0) is 21.7 Å². The minimum atomic E-state index is -0.505. The molecule has 4 aliphatic carbocycles. The van der Waals surface area contributed by atoms with Crippen LogP contribution in [0.4, 0.5) is 28.4 Å². The van der Waals surface area contributed by atoms with Crippen LogP contribution < -0.4 is 10.2 Å². The van der Waals surface area contributed by atoms with Gasteiger partial charge in [-0.15, -0.1) is 0 Å². The molecule has 0 saturated heterocycles. The summed E-state index contributed by atoms with van der Waals surface area (Å²) in [6.07, 6.45) is 0. The molecular formula is C113H83BrN2S2. The van der Waals surface area contributed by atoms with Crippen LogP contribution in [0.3, 0.4) is 0 Å². The van der Waals surface area contributed by atoms with Gasteiger partial charge in [-0.3, -0.25) is 0 Å². The van der Waals surface area contributed by atoms with Crippen molar-refractivity contribution >= 4 is 89.4 Å². The Labute approximate surface area is 708 Å². The van der Waals surface area contributed by atoms with Crippen LogP contribution in [-0.4, -0.2) is 0 Å². The van der Waals surface area contributed by atoms with Crippen molar-refractivity contribution in [2.45, 2.75) is 76.4 Å². The van der Waals surface area contributed by atoms with Gasteiger partial charge in [0.25, 0.3) is 0 Å². The van der Waals surface area contributed by atoms with Gasteiger partial charge in [-0.25, -0.2) is 0 Å². The number of para-hydroxylation sites is 2. The van der Waals surface area contributed by atoms with E-state index < -0.39 is 5.41 Å². The lowest BCUT2D eigenvalue weighted by atomic mass is 9.67. The van der Waals surface area contributed by atoms with Crippen LogP contribution in [0.15, 0.2) is 424 Å². The molecular weight excluding hydrogens is 1530 g/mol. The van der Waals surface area contributed by atoms with E-state index in [4.69, 9.17) is 0 Å². The topological polar surface area (TPSA) is 15.3 Å². The van der Waals surface area contributed by atoms with Crippen LogP contribution in [0.2, 0.25) is 0 Å². The lowest BCUT2D eigenvalue weighted by Gasteiger charge is -2.40. The first-order valence-corrected chi connectivity index (χ1v) is 43.0. The highest BCUT2D eigenvalue weighted by atomic mass is 79.9. The number of halogens is 1. The average molecular weight is 1610 g/mol. The summed E-state index contributed by atoms with van der Waals surface area (Å²) in [6.45, 7) is 9.39. The van der Waals surface area contributed by atoms with Crippen molar-refractivity contribution in [2.75, 3.05) is 10.2 Å². The summed E-state index contributed by atoms with van der Waals surface area (Å²) >= 11 is 7.57. The van der Waals surface area contributed by atoms with Gasteiger partial charge in [0.05, 0.1) is 16.5 Å². The SMILES string of the molecule is Brc1ccc2c(c1)C1(c3ccccc3Sc3ccccc31)c1ccc3ccccc3c1-2.C.CC1(C)c2ccccc2-c2ccc(N(c3ccc4c(c3)C3(c5ccccc5Sc5ccccc53)c3ccc5ccccc5c3-4)c3ccccc3-c3ccccc3)cc21.CC1(C)c2ccccc2-c2ccc(Nc3ccccc3-c3ccccc3)cc21. The van der Waals surface area contributed by atoms with Crippen molar-refractivity contribution in [3.05, 3.63) is 472 Å². The number of benzene rings is 18. The Morgan fingerprint density at radius 1 is 0.263 bits per heavy atom. The van der Waals surface area contributed by atoms with Gasteiger partial charge in [-0.05, 0) is 229 Å². The maximum atomic E-state index is 3.78. The molecule has 0 amide bonds. The third-order valence-corrected chi connectivity index (χ3v) is 28.6. The molecule has 118 heavy (non-hydrogen) atoms. The molecule has 0 saturated carbocycles. The van der Waals surface area contributed by atoms with E-state index in [1.54, 1.807) is 0 Å². The summed E-state index contributed by atoms with van der Waals surface area (Å²) in [6, 6.07) is 148. The van der Waals surface area contributed by atoms with E-state index in [0.29, 0.717) is 0 Å². The molecule has 0 bridgehead atoms. The van der Waals surface area contributed by atoms with E-state index in [-0.39, 0.29) is 23.7 Å². The molecule has 18 aromatic rings. The number of nitrogens with one attached hydrogen (secondary N) is 1. The maximum Gasteiger partial charge on any atom is 0.0736 e. The normalized spacial score (nSPS) is 14.3. The van der Waals surface area contributed by atoms with Gasteiger partial charge in [-0.1, -0.05) is 390 Å². The fraction of sp³-hybridized carbons (Fsp3) is 0.0796. The number of nitrogens with zero attached hydrogens (tertiary/aromatic N) is 1. The highest BCUT2D eigenvalue weighted by Gasteiger charge is 2.53. The summed E-state index contributed by atoms with van der Waals surface area (Å²) < 4.78 is 1.12. The van der Waals surface area contributed by atoms with E-state index in [2.05, 4.69) is 454 Å². The van der Waals surface area contributed by atoms with Crippen molar-refractivity contribution in [3.8, 4) is 66.8 Å². The van der Waals surface area contributed by atoms with E-state index >= 15 is 0 Å². The van der Waals surface area contributed by atoms with Crippen LogP contribution in [0.1, 0.15) is 102 Å². The maximum absolute atomic E-state index is 3.78. The summed E-state index contributed by atoms with van der Waals surface area (Å²) in [5, 5.41) is 8.84. The van der Waals surface area contributed by atoms with Crippen LogP contribution in [0, 0.1) is 0 Å². The monoisotopic (exact) mass is 1610 g/mol. The lowest BCUT2D eigenvalue weighted by Crippen LogP contribution is -2.32. The second kappa shape index (κ2) is 28.6. The first-order valence-electron chi connectivity index (χ1n) is 40.5. The molecule has 0 unspecified atom stereocenters. The Hall–Kier alpha value is -12.7. The van der Waals surface area contributed by atoms with Crippen molar-refractivity contribution < 1.29 is 0 Å². The zero-order valence-corrected chi connectivity index (χ0v) is 68.5. The fourth-order valence-electron chi connectivity index (χ4n) is 20.6. The van der Waals surface area contributed by atoms with Crippen LogP contribution in [0.25, 0.3) is 88.3 Å². The molecule has 0 aromatic heterocycles. The first-order chi connectivity index (χ1) is 57.5.